The van der Waals surface area contributed by atoms with Gasteiger partial charge in [0.05, 0.1) is 0 Å². The number of hydrogen-bond acceptors (Lipinski definition) is 3. The summed E-state index contributed by atoms with van der Waals surface area (Å²) in [6.45, 7) is 2.20. The summed E-state index contributed by atoms with van der Waals surface area (Å²) in [5, 5.41) is -0.963. The van der Waals surface area contributed by atoms with Crippen LogP contribution >= 0.6 is 11.6 Å². The summed E-state index contributed by atoms with van der Waals surface area (Å²) in [4.78, 5) is 8.83. The second-order valence-corrected chi connectivity index (χ2v) is 11.8. The van der Waals surface area contributed by atoms with Crippen LogP contribution in [0.3, 0.4) is 0 Å². The van der Waals surface area contributed by atoms with Gasteiger partial charge in [-0.3, -0.25) is 0 Å². The fraction of sp³-hybridized carbons (Fsp3) is 0.353. The minimum absolute atomic E-state index is 0.261. The van der Waals surface area contributed by atoms with E-state index in [1.807, 2.05) is 0 Å². The first kappa shape index (κ1) is 32.7. The molecule has 0 bridgehead atoms. The van der Waals surface area contributed by atoms with Gasteiger partial charge in [0.1, 0.15) is 45.4 Å². The van der Waals surface area contributed by atoms with E-state index in [1.54, 1.807) is 12.4 Å². The quantitative estimate of drug-likeness (QED) is 0.0973. The maximum Gasteiger partial charge on any atom is 0.432 e. The third kappa shape index (κ3) is 7.43. The summed E-state index contributed by atoms with van der Waals surface area (Å²) < 4.78 is 106. The number of halogens is 8. The van der Waals surface area contributed by atoms with Crippen molar-refractivity contribution in [1.29, 1.82) is 0 Å². The highest BCUT2D eigenvalue weighted by Gasteiger charge is 2.41. The van der Waals surface area contributed by atoms with Crippen molar-refractivity contribution in [2.75, 3.05) is 0 Å². The summed E-state index contributed by atoms with van der Waals surface area (Å²) in [5.41, 5.74) is -1.10. The number of benzene rings is 3. The molecule has 1 saturated carbocycles. The second-order valence-electron chi connectivity index (χ2n) is 11.4. The Morgan fingerprint density at radius 1 is 0.778 bits per heavy atom. The van der Waals surface area contributed by atoms with Crippen molar-refractivity contribution in [3.8, 4) is 28.3 Å². The van der Waals surface area contributed by atoms with Crippen molar-refractivity contribution in [3.05, 3.63) is 100 Å². The van der Waals surface area contributed by atoms with Gasteiger partial charge < -0.3 is 4.74 Å². The van der Waals surface area contributed by atoms with Gasteiger partial charge in [0.2, 0.25) is 0 Å². The molecule has 0 aliphatic heterocycles. The molecule has 0 unspecified atom stereocenters. The largest absolute Gasteiger partial charge is 0.432 e. The van der Waals surface area contributed by atoms with Crippen LogP contribution in [0.5, 0.6) is 5.75 Å². The zero-order valence-corrected chi connectivity index (χ0v) is 25.1. The third-order valence-electron chi connectivity index (χ3n) is 8.28. The average molecular weight is 651 g/mol. The van der Waals surface area contributed by atoms with E-state index in [1.165, 1.54) is 50.7 Å². The summed E-state index contributed by atoms with van der Waals surface area (Å²) in [5.74, 6) is -6.87. The van der Waals surface area contributed by atoms with Crippen LogP contribution < -0.4 is 4.74 Å². The number of ether oxygens (including phenoxy) is 1. The van der Waals surface area contributed by atoms with Crippen molar-refractivity contribution < 1.29 is 35.5 Å². The summed E-state index contributed by atoms with van der Waals surface area (Å²) in [7, 11) is 0. The van der Waals surface area contributed by atoms with Gasteiger partial charge in [-0.1, -0.05) is 56.3 Å². The van der Waals surface area contributed by atoms with Gasteiger partial charge in [-0.05, 0) is 66.8 Å². The maximum absolute atomic E-state index is 15.2. The molecule has 1 aromatic heterocycles. The molecule has 11 heteroatoms. The Bertz CT molecular complexity index is 1610. The van der Waals surface area contributed by atoms with Crippen LogP contribution in [-0.2, 0) is 6.11 Å². The van der Waals surface area contributed by atoms with Gasteiger partial charge in [-0.15, -0.1) is 0 Å². The zero-order chi connectivity index (χ0) is 32.3. The van der Waals surface area contributed by atoms with Gasteiger partial charge in [-0.2, -0.15) is 8.78 Å². The predicted octanol–water partition coefficient (Wildman–Crippen LogP) is 11.1. The molecule has 0 saturated heterocycles. The van der Waals surface area contributed by atoms with Gasteiger partial charge in [0, 0.05) is 35.7 Å². The number of unbranched alkanes of at least 4 members (excludes halogenated alkanes) is 2. The van der Waals surface area contributed by atoms with E-state index in [-0.39, 0.29) is 17.0 Å². The van der Waals surface area contributed by atoms with Gasteiger partial charge >= 0.3 is 6.11 Å². The molecule has 3 nitrogen and oxygen atoms in total. The van der Waals surface area contributed by atoms with E-state index in [4.69, 9.17) is 11.6 Å². The Morgan fingerprint density at radius 3 is 1.96 bits per heavy atom. The molecule has 1 fully saturated rings. The van der Waals surface area contributed by atoms with Crippen LogP contribution in [0.2, 0.25) is 5.02 Å². The van der Waals surface area contributed by atoms with Crippen molar-refractivity contribution in [2.24, 2.45) is 5.92 Å². The molecule has 1 heterocycles. The molecule has 238 valence electrons. The molecule has 3 aromatic carbocycles. The van der Waals surface area contributed by atoms with Gasteiger partial charge in [-0.25, -0.2) is 31.9 Å². The lowest BCUT2D eigenvalue weighted by Crippen LogP contribution is -2.25. The normalized spacial score (nSPS) is 17.0. The molecule has 45 heavy (non-hydrogen) atoms. The Morgan fingerprint density at radius 2 is 1.38 bits per heavy atom. The fourth-order valence-corrected chi connectivity index (χ4v) is 5.96. The molecule has 0 spiro atoms. The molecule has 4 aromatic rings. The van der Waals surface area contributed by atoms with Crippen molar-refractivity contribution in [3.63, 3.8) is 0 Å². The van der Waals surface area contributed by atoms with Crippen LogP contribution in [0.15, 0.2) is 54.9 Å². The first-order valence-electron chi connectivity index (χ1n) is 14.8. The molecule has 0 atom stereocenters. The lowest BCUT2D eigenvalue weighted by molar-refractivity contribution is -0.189. The summed E-state index contributed by atoms with van der Waals surface area (Å²) >= 11 is 5.33. The first-order valence-corrected chi connectivity index (χ1v) is 15.2. The summed E-state index contributed by atoms with van der Waals surface area (Å²) in [6, 6.07) is 5.51. The Balaban J connectivity index is 1.30. The first-order chi connectivity index (χ1) is 21.5. The molecule has 1 aliphatic rings. The maximum atomic E-state index is 15.2. The highest BCUT2D eigenvalue weighted by Crippen LogP contribution is 2.40. The number of alkyl halides is 2. The fourth-order valence-electron chi connectivity index (χ4n) is 5.85. The molecule has 1 aliphatic carbocycles. The standard InChI is InChI=1S/C34H30ClF7N2O/c1-2-3-4-5-19-6-8-20(9-7-19)23-17-43-33(44-18-23)21-10-11-25(26(36)12-21)22-13-27(37)31(28(38)14-22)34(41,42)45-24-15-29(39)32(35)30(40)16-24/h10-20H,2-9H2,1H3. The second kappa shape index (κ2) is 13.8. The third-order valence-corrected chi connectivity index (χ3v) is 8.64. The SMILES string of the molecule is CCCCCC1CCC(c2cnc(-c3ccc(-c4cc(F)c(C(F)(F)Oc5cc(F)c(Cl)c(F)c5)c(F)c4)c(F)c3)nc2)CC1. The molecular formula is C34H30ClF7N2O. The van der Waals surface area contributed by atoms with Crippen LogP contribution in [0.4, 0.5) is 30.7 Å². The van der Waals surface area contributed by atoms with E-state index in [9.17, 15) is 26.3 Å². The predicted molar refractivity (Wildman–Crippen MR) is 158 cm³/mol. The number of rotatable bonds is 10. The number of hydrogen-bond donors (Lipinski definition) is 0. The van der Waals surface area contributed by atoms with Gasteiger partial charge in [0.25, 0.3) is 0 Å². The van der Waals surface area contributed by atoms with E-state index >= 15 is 4.39 Å². The number of aromatic nitrogens is 2. The average Bonchev–Trinajstić information content (AvgIpc) is 2.99. The van der Waals surface area contributed by atoms with Crippen LogP contribution in [0, 0.1) is 35.0 Å². The number of nitrogens with zero attached hydrogens (tertiary/aromatic N) is 2. The Hall–Kier alpha value is -3.66. The summed E-state index contributed by atoms with van der Waals surface area (Å²) in [6.07, 6.45) is 8.35. The molecule has 0 N–H and O–H groups in total. The van der Waals surface area contributed by atoms with Crippen LogP contribution in [0.1, 0.15) is 75.3 Å². The minimum atomic E-state index is -4.68. The van der Waals surface area contributed by atoms with Crippen molar-refractivity contribution in [1.82, 2.24) is 9.97 Å². The lowest BCUT2D eigenvalue weighted by atomic mass is 9.77. The van der Waals surface area contributed by atoms with Crippen molar-refractivity contribution in [2.45, 2.75) is 70.3 Å². The Kier molecular flexibility index (Phi) is 10.0. The Labute approximate surface area is 261 Å². The highest BCUT2D eigenvalue weighted by atomic mass is 35.5. The molecule has 0 radical (unpaired) electrons. The van der Waals surface area contributed by atoms with E-state index in [0.29, 0.717) is 35.7 Å². The van der Waals surface area contributed by atoms with E-state index in [0.717, 1.165) is 30.4 Å². The molecule has 5 rings (SSSR count). The van der Waals surface area contributed by atoms with Gasteiger partial charge in [0.15, 0.2) is 5.82 Å². The van der Waals surface area contributed by atoms with Crippen LogP contribution in [0.25, 0.3) is 22.5 Å². The van der Waals surface area contributed by atoms with E-state index < -0.39 is 51.5 Å². The lowest BCUT2D eigenvalue weighted by Gasteiger charge is -2.28. The van der Waals surface area contributed by atoms with Crippen LogP contribution in [-0.4, -0.2) is 9.97 Å². The topological polar surface area (TPSA) is 35.0 Å². The monoisotopic (exact) mass is 650 g/mol. The minimum Gasteiger partial charge on any atom is -0.429 e. The van der Waals surface area contributed by atoms with Crippen molar-refractivity contribution >= 4 is 11.6 Å². The smallest absolute Gasteiger partial charge is 0.429 e. The molecular weight excluding hydrogens is 621 g/mol. The highest BCUT2D eigenvalue weighted by molar-refractivity contribution is 6.30. The zero-order valence-electron chi connectivity index (χ0n) is 24.3. The van der Waals surface area contributed by atoms with E-state index in [2.05, 4.69) is 21.6 Å². The molecule has 0 amide bonds.